The fraction of sp³-hybridized carbons (Fsp3) is 0.385. The number of benzene rings is 1. The Balaban J connectivity index is 2.80. The van der Waals surface area contributed by atoms with E-state index >= 15 is 0 Å². The molecule has 0 fully saturated rings. The Labute approximate surface area is 85.8 Å². The van der Waals surface area contributed by atoms with Crippen molar-refractivity contribution in [3.05, 3.63) is 35.4 Å². The van der Waals surface area contributed by atoms with Crippen LogP contribution in [0, 0.1) is 11.8 Å². The first-order valence-corrected chi connectivity index (χ1v) is 4.93. The molecule has 14 heavy (non-hydrogen) atoms. The van der Waals surface area contributed by atoms with Crippen molar-refractivity contribution in [3.63, 3.8) is 0 Å². The molecule has 0 aliphatic carbocycles. The number of hydrogen-bond acceptors (Lipinski definition) is 1. The van der Waals surface area contributed by atoms with Gasteiger partial charge in [-0.25, -0.2) is 0 Å². The van der Waals surface area contributed by atoms with Crippen LogP contribution in [0.1, 0.15) is 37.3 Å². The molecule has 74 valence electrons. The van der Waals surface area contributed by atoms with Gasteiger partial charge in [-0.2, -0.15) is 0 Å². The van der Waals surface area contributed by atoms with Crippen molar-refractivity contribution in [2.75, 3.05) is 6.61 Å². The monoisotopic (exact) mass is 188 g/mol. The van der Waals surface area contributed by atoms with Gasteiger partial charge in [0, 0.05) is 12.0 Å². The normalized spacial score (nSPS) is 9.71. The van der Waals surface area contributed by atoms with E-state index in [1.807, 2.05) is 12.1 Å². The van der Waals surface area contributed by atoms with Crippen LogP contribution < -0.4 is 0 Å². The summed E-state index contributed by atoms with van der Waals surface area (Å²) in [5.41, 5.74) is 2.34. The molecule has 0 radical (unpaired) electrons. The zero-order valence-electron chi connectivity index (χ0n) is 8.75. The molecule has 0 saturated heterocycles. The lowest BCUT2D eigenvalue weighted by atomic mass is 10.0. The van der Waals surface area contributed by atoms with Crippen molar-refractivity contribution >= 4 is 0 Å². The molecule has 0 amide bonds. The van der Waals surface area contributed by atoms with Gasteiger partial charge in [0.2, 0.25) is 0 Å². The number of aliphatic hydroxyl groups is 1. The van der Waals surface area contributed by atoms with Crippen LogP contribution in [0.3, 0.4) is 0 Å². The summed E-state index contributed by atoms with van der Waals surface area (Å²) in [7, 11) is 0. The maximum absolute atomic E-state index is 8.58. The lowest BCUT2D eigenvalue weighted by Crippen LogP contribution is -1.87. The Kier molecular flexibility index (Phi) is 4.22. The topological polar surface area (TPSA) is 20.2 Å². The smallest absolute Gasteiger partial charge is 0.0540 e. The molecule has 0 spiro atoms. The van der Waals surface area contributed by atoms with E-state index in [4.69, 9.17) is 5.11 Å². The summed E-state index contributed by atoms with van der Waals surface area (Å²) in [6, 6.07) is 8.24. The second kappa shape index (κ2) is 5.47. The molecule has 1 rings (SSSR count). The molecular weight excluding hydrogens is 172 g/mol. The fourth-order valence-corrected chi connectivity index (χ4v) is 1.20. The standard InChI is InChI=1S/C13H16O/c1-11(2)13-8-5-7-12(10-13)6-3-4-9-14/h5,7-8,10-11,14H,4,9H2,1-2H3. The average Bonchev–Trinajstić information content (AvgIpc) is 2.19. The minimum atomic E-state index is 0.136. The quantitative estimate of drug-likeness (QED) is 0.707. The summed E-state index contributed by atoms with van der Waals surface area (Å²) >= 11 is 0. The van der Waals surface area contributed by atoms with Crippen molar-refractivity contribution in [2.45, 2.75) is 26.2 Å². The maximum Gasteiger partial charge on any atom is 0.0540 e. The minimum Gasteiger partial charge on any atom is -0.395 e. The first-order chi connectivity index (χ1) is 6.74. The van der Waals surface area contributed by atoms with E-state index < -0.39 is 0 Å². The van der Waals surface area contributed by atoms with Gasteiger partial charge in [0.05, 0.1) is 6.61 Å². The van der Waals surface area contributed by atoms with Crippen molar-refractivity contribution < 1.29 is 5.11 Å². The molecule has 1 nitrogen and oxygen atoms in total. The van der Waals surface area contributed by atoms with Gasteiger partial charge < -0.3 is 5.11 Å². The van der Waals surface area contributed by atoms with E-state index in [0.717, 1.165) is 5.56 Å². The molecule has 0 atom stereocenters. The lowest BCUT2D eigenvalue weighted by molar-refractivity contribution is 0.305. The number of aliphatic hydroxyl groups excluding tert-OH is 1. The molecule has 0 bridgehead atoms. The highest BCUT2D eigenvalue weighted by atomic mass is 16.2. The van der Waals surface area contributed by atoms with E-state index in [0.29, 0.717) is 12.3 Å². The molecule has 1 aromatic rings. The van der Waals surface area contributed by atoms with Crippen LogP contribution in [0.5, 0.6) is 0 Å². The molecule has 1 heteroatoms. The van der Waals surface area contributed by atoms with Gasteiger partial charge in [0.1, 0.15) is 0 Å². The van der Waals surface area contributed by atoms with Crippen molar-refractivity contribution in [1.82, 2.24) is 0 Å². The highest BCUT2D eigenvalue weighted by Crippen LogP contribution is 2.14. The summed E-state index contributed by atoms with van der Waals surface area (Å²) in [6.45, 7) is 4.47. The van der Waals surface area contributed by atoms with Crippen LogP contribution in [0.2, 0.25) is 0 Å². The highest BCUT2D eigenvalue weighted by molar-refractivity contribution is 5.37. The molecule has 0 unspecified atom stereocenters. The molecule has 0 heterocycles. The Morgan fingerprint density at radius 3 is 2.79 bits per heavy atom. The molecule has 0 aliphatic heterocycles. The first kappa shape index (κ1) is 10.8. The minimum absolute atomic E-state index is 0.136. The van der Waals surface area contributed by atoms with Crippen LogP contribution in [0.4, 0.5) is 0 Å². The zero-order chi connectivity index (χ0) is 10.4. The van der Waals surface area contributed by atoms with Crippen molar-refractivity contribution in [2.24, 2.45) is 0 Å². The Hall–Kier alpha value is -1.26. The number of hydrogen-bond donors (Lipinski definition) is 1. The summed E-state index contributed by atoms with van der Waals surface area (Å²) in [5, 5.41) is 8.58. The summed E-state index contributed by atoms with van der Waals surface area (Å²) in [6.07, 6.45) is 0.548. The second-order valence-corrected chi connectivity index (χ2v) is 3.56. The molecule has 0 saturated carbocycles. The summed E-state index contributed by atoms with van der Waals surface area (Å²) in [5.74, 6) is 6.48. The maximum atomic E-state index is 8.58. The summed E-state index contributed by atoms with van der Waals surface area (Å²) in [4.78, 5) is 0. The predicted molar refractivity (Wildman–Crippen MR) is 59.1 cm³/mol. The lowest BCUT2D eigenvalue weighted by Gasteiger charge is -2.04. The van der Waals surface area contributed by atoms with Gasteiger partial charge in [-0.05, 0) is 23.6 Å². The van der Waals surface area contributed by atoms with E-state index in [2.05, 4.69) is 37.8 Å². The third kappa shape index (κ3) is 3.24. The second-order valence-electron chi connectivity index (χ2n) is 3.56. The SMILES string of the molecule is CC(C)c1cccc(C#CCCO)c1. The van der Waals surface area contributed by atoms with Gasteiger partial charge in [-0.15, -0.1) is 0 Å². The van der Waals surface area contributed by atoms with Crippen LogP contribution in [0.15, 0.2) is 24.3 Å². The highest BCUT2D eigenvalue weighted by Gasteiger charge is 1.97. The molecule has 1 aromatic carbocycles. The van der Waals surface area contributed by atoms with Gasteiger partial charge in [-0.1, -0.05) is 37.8 Å². The molecule has 1 N–H and O–H groups in total. The van der Waals surface area contributed by atoms with Gasteiger partial charge in [0.15, 0.2) is 0 Å². The summed E-state index contributed by atoms with van der Waals surface area (Å²) < 4.78 is 0. The average molecular weight is 188 g/mol. The molecule has 0 aliphatic rings. The van der Waals surface area contributed by atoms with E-state index in [1.54, 1.807) is 0 Å². The van der Waals surface area contributed by atoms with E-state index in [9.17, 15) is 0 Å². The van der Waals surface area contributed by atoms with Crippen LogP contribution in [0.25, 0.3) is 0 Å². The Morgan fingerprint density at radius 2 is 2.14 bits per heavy atom. The van der Waals surface area contributed by atoms with Gasteiger partial charge in [-0.3, -0.25) is 0 Å². The van der Waals surface area contributed by atoms with E-state index in [-0.39, 0.29) is 6.61 Å². The Bertz CT molecular complexity index is 342. The third-order valence-electron chi connectivity index (χ3n) is 2.02. The predicted octanol–water partition coefficient (Wildman–Crippen LogP) is 2.54. The number of rotatable bonds is 2. The zero-order valence-corrected chi connectivity index (χ0v) is 8.75. The van der Waals surface area contributed by atoms with Crippen LogP contribution in [-0.2, 0) is 0 Å². The molecule has 0 aromatic heterocycles. The van der Waals surface area contributed by atoms with E-state index in [1.165, 1.54) is 5.56 Å². The van der Waals surface area contributed by atoms with Gasteiger partial charge in [0.25, 0.3) is 0 Å². The van der Waals surface area contributed by atoms with Crippen molar-refractivity contribution in [1.29, 1.82) is 0 Å². The van der Waals surface area contributed by atoms with Crippen molar-refractivity contribution in [3.8, 4) is 11.8 Å². The van der Waals surface area contributed by atoms with Crippen LogP contribution >= 0.6 is 0 Å². The third-order valence-corrected chi connectivity index (χ3v) is 2.02. The first-order valence-electron chi connectivity index (χ1n) is 4.93. The molecular formula is C13H16O. The van der Waals surface area contributed by atoms with Gasteiger partial charge >= 0.3 is 0 Å². The Morgan fingerprint density at radius 1 is 1.36 bits per heavy atom. The largest absolute Gasteiger partial charge is 0.395 e. The van der Waals surface area contributed by atoms with Crippen LogP contribution in [-0.4, -0.2) is 11.7 Å². The fourth-order valence-electron chi connectivity index (χ4n) is 1.20.